The minimum absolute atomic E-state index is 0.0203. The first-order valence-electron chi connectivity index (χ1n) is 6.32. The molecular formula is C14H17NO3S. The molecule has 1 saturated carbocycles. The van der Waals surface area contributed by atoms with E-state index in [1.54, 1.807) is 17.0 Å². The van der Waals surface area contributed by atoms with E-state index in [2.05, 4.69) is 0 Å². The largest absolute Gasteiger partial charge is 0.478 e. The number of carboxylic acid groups (broad SMARTS) is 1. The van der Waals surface area contributed by atoms with Crippen LogP contribution >= 0.6 is 11.3 Å². The highest BCUT2D eigenvalue weighted by Crippen LogP contribution is 2.27. The molecule has 102 valence electrons. The van der Waals surface area contributed by atoms with Crippen LogP contribution in [0, 0.1) is 5.92 Å². The Morgan fingerprint density at radius 3 is 2.79 bits per heavy atom. The van der Waals surface area contributed by atoms with Gasteiger partial charge in [0.25, 0.3) is 5.91 Å². The van der Waals surface area contributed by atoms with Crippen molar-refractivity contribution in [1.82, 2.24) is 4.90 Å². The molecule has 0 spiro atoms. The van der Waals surface area contributed by atoms with Gasteiger partial charge in [-0.2, -0.15) is 0 Å². The van der Waals surface area contributed by atoms with Crippen molar-refractivity contribution in [3.63, 3.8) is 0 Å². The van der Waals surface area contributed by atoms with E-state index in [-0.39, 0.29) is 5.91 Å². The minimum atomic E-state index is -0.983. The third-order valence-corrected chi connectivity index (χ3v) is 4.37. The van der Waals surface area contributed by atoms with Gasteiger partial charge in [0, 0.05) is 24.5 Å². The number of carbonyl (C=O) groups excluding carboxylic acids is 1. The lowest BCUT2D eigenvalue weighted by molar-refractivity contribution is -0.131. The fraction of sp³-hybridized carbons (Fsp3) is 0.429. The van der Waals surface area contributed by atoms with E-state index in [9.17, 15) is 9.59 Å². The molecule has 19 heavy (non-hydrogen) atoms. The van der Waals surface area contributed by atoms with Crippen LogP contribution in [0.4, 0.5) is 0 Å². The first kappa shape index (κ1) is 13.8. The van der Waals surface area contributed by atoms with Gasteiger partial charge in [0.15, 0.2) is 0 Å². The normalized spacial score (nSPS) is 15.4. The summed E-state index contributed by atoms with van der Waals surface area (Å²) >= 11 is 1.32. The van der Waals surface area contributed by atoms with Crippen LogP contribution in [0.15, 0.2) is 18.2 Å². The van der Waals surface area contributed by atoms with E-state index >= 15 is 0 Å². The lowest BCUT2D eigenvalue weighted by Gasteiger charge is -2.29. The molecule has 5 heteroatoms. The fourth-order valence-corrected chi connectivity index (χ4v) is 2.95. The quantitative estimate of drug-likeness (QED) is 0.843. The van der Waals surface area contributed by atoms with E-state index in [1.807, 2.05) is 7.05 Å². The molecule has 4 nitrogen and oxygen atoms in total. The van der Waals surface area contributed by atoms with E-state index in [1.165, 1.54) is 36.7 Å². The van der Waals surface area contributed by atoms with Crippen LogP contribution in [-0.2, 0) is 4.79 Å². The molecule has 0 aliphatic heterocycles. The minimum Gasteiger partial charge on any atom is -0.478 e. The number of nitrogens with zero attached hydrogens (tertiary/aromatic N) is 1. The molecule has 1 heterocycles. The topological polar surface area (TPSA) is 57.6 Å². The highest BCUT2D eigenvalue weighted by atomic mass is 32.1. The molecule has 0 saturated heterocycles. The Morgan fingerprint density at radius 2 is 2.21 bits per heavy atom. The number of carbonyl (C=O) groups is 2. The fourth-order valence-electron chi connectivity index (χ4n) is 2.04. The van der Waals surface area contributed by atoms with Gasteiger partial charge in [-0.1, -0.05) is 6.42 Å². The SMILES string of the molecule is CN(CC1CCC1)C(=O)c1ccc(/C=C/C(=O)O)s1. The molecule has 1 aliphatic rings. The van der Waals surface area contributed by atoms with E-state index in [0.29, 0.717) is 10.8 Å². The molecule has 2 rings (SSSR count). The van der Waals surface area contributed by atoms with E-state index in [4.69, 9.17) is 5.11 Å². The third kappa shape index (κ3) is 3.67. The van der Waals surface area contributed by atoms with Crippen molar-refractivity contribution >= 4 is 29.3 Å². The smallest absolute Gasteiger partial charge is 0.328 e. The van der Waals surface area contributed by atoms with Gasteiger partial charge in [-0.25, -0.2) is 4.79 Å². The van der Waals surface area contributed by atoms with Crippen LogP contribution in [0.5, 0.6) is 0 Å². The number of hydrogen-bond acceptors (Lipinski definition) is 3. The number of hydrogen-bond donors (Lipinski definition) is 1. The summed E-state index contributed by atoms with van der Waals surface area (Å²) in [5.41, 5.74) is 0. The number of amides is 1. The van der Waals surface area contributed by atoms with Crippen molar-refractivity contribution in [3.8, 4) is 0 Å². The standard InChI is InChI=1S/C14H17NO3S/c1-15(9-10-3-2-4-10)14(18)12-7-5-11(19-12)6-8-13(16)17/h5-8,10H,2-4,9H2,1H3,(H,16,17)/b8-6+. The highest BCUT2D eigenvalue weighted by Gasteiger charge is 2.22. The Labute approximate surface area is 116 Å². The lowest BCUT2D eigenvalue weighted by atomic mass is 9.85. The summed E-state index contributed by atoms with van der Waals surface area (Å²) < 4.78 is 0. The maximum absolute atomic E-state index is 12.2. The average molecular weight is 279 g/mol. The lowest BCUT2D eigenvalue weighted by Crippen LogP contribution is -2.33. The summed E-state index contributed by atoms with van der Waals surface area (Å²) in [4.78, 5) is 25.8. The summed E-state index contributed by atoms with van der Waals surface area (Å²) in [6, 6.07) is 3.53. The molecule has 1 aromatic rings. The second-order valence-electron chi connectivity index (χ2n) is 4.86. The molecule has 1 amide bonds. The zero-order valence-corrected chi connectivity index (χ0v) is 11.7. The van der Waals surface area contributed by atoms with E-state index in [0.717, 1.165) is 17.5 Å². The van der Waals surface area contributed by atoms with Crippen molar-refractivity contribution in [2.75, 3.05) is 13.6 Å². The zero-order valence-electron chi connectivity index (χ0n) is 10.8. The first-order chi connectivity index (χ1) is 9.06. The van der Waals surface area contributed by atoms with Crippen LogP contribution in [0.2, 0.25) is 0 Å². The summed E-state index contributed by atoms with van der Waals surface area (Å²) in [5, 5.41) is 8.55. The molecule has 0 unspecified atom stereocenters. The van der Waals surface area contributed by atoms with Gasteiger partial charge in [-0.05, 0) is 37.0 Å². The van der Waals surface area contributed by atoms with Gasteiger partial charge >= 0.3 is 5.97 Å². The Bertz CT molecular complexity index is 503. The predicted octanol–water partition coefficient (Wildman–Crippen LogP) is 2.72. The molecule has 1 aliphatic carbocycles. The molecule has 1 aromatic heterocycles. The van der Waals surface area contributed by atoms with Gasteiger partial charge in [0.2, 0.25) is 0 Å². The monoisotopic (exact) mass is 279 g/mol. The van der Waals surface area contributed by atoms with Gasteiger partial charge in [0.1, 0.15) is 0 Å². The van der Waals surface area contributed by atoms with Crippen LogP contribution < -0.4 is 0 Å². The van der Waals surface area contributed by atoms with Crippen molar-refractivity contribution in [1.29, 1.82) is 0 Å². The van der Waals surface area contributed by atoms with Crippen molar-refractivity contribution in [2.24, 2.45) is 5.92 Å². The molecule has 0 bridgehead atoms. The van der Waals surface area contributed by atoms with Gasteiger partial charge in [-0.15, -0.1) is 11.3 Å². The number of carboxylic acids is 1. The average Bonchev–Trinajstić information content (AvgIpc) is 2.78. The van der Waals surface area contributed by atoms with E-state index < -0.39 is 5.97 Å². The Hall–Kier alpha value is -1.62. The molecule has 1 fully saturated rings. The summed E-state index contributed by atoms with van der Waals surface area (Å²) in [6.45, 7) is 0.816. The van der Waals surface area contributed by atoms with Gasteiger partial charge in [0.05, 0.1) is 4.88 Å². The number of thiophene rings is 1. The highest BCUT2D eigenvalue weighted by molar-refractivity contribution is 7.14. The van der Waals surface area contributed by atoms with Crippen LogP contribution in [0.3, 0.4) is 0 Å². The first-order valence-corrected chi connectivity index (χ1v) is 7.14. The second kappa shape index (κ2) is 6.02. The number of rotatable bonds is 5. The van der Waals surface area contributed by atoms with Crippen LogP contribution in [0.25, 0.3) is 6.08 Å². The maximum Gasteiger partial charge on any atom is 0.328 e. The number of aliphatic carboxylic acids is 1. The third-order valence-electron chi connectivity index (χ3n) is 3.33. The molecular weight excluding hydrogens is 262 g/mol. The summed E-state index contributed by atoms with van der Waals surface area (Å²) in [6.07, 6.45) is 6.30. The summed E-state index contributed by atoms with van der Waals surface area (Å²) in [7, 11) is 1.83. The molecule has 0 radical (unpaired) electrons. The maximum atomic E-state index is 12.2. The summed E-state index contributed by atoms with van der Waals surface area (Å²) in [5.74, 6) is -0.310. The van der Waals surface area contributed by atoms with Crippen molar-refractivity contribution in [3.05, 3.63) is 28.0 Å². The molecule has 1 N–H and O–H groups in total. The van der Waals surface area contributed by atoms with Crippen LogP contribution in [0.1, 0.15) is 33.8 Å². The van der Waals surface area contributed by atoms with Gasteiger partial charge in [-0.3, -0.25) is 4.79 Å². The molecule has 0 atom stereocenters. The Kier molecular flexibility index (Phi) is 4.37. The molecule has 0 aromatic carbocycles. The Balaban J connectivity index is 1.96. The van der Waals surface area contributed by atoms with Crippen LogP contribution in [-0.4, -0.2) is 35.5 Å². The Morgan fingerprint density at radius 1 is 1.47 bits per heavy atom. The predicted molar refractivity (Wildman–Crippen MR) is 75.3 cm³/mol. The van der Waals surface area contributed by atoms with Gasteiger partial charge < -0.3 is 10.0 Å². The second-order valence-corrected chi connectivity index (χ2v) is 5.97. The zero-order chi connectivity index (χ0) is 13.8. The van der Waals surface area contributed by atoms with Crippen molar-refractivity contribution < 1.29 is 14.7 Å². The van der Waals surface area contributed by atoms with Crippen molar-refractivity contribution in [2.45, 2.75) is 19.3 Å².